The third-order valence-electron chi connectivity index (χ3n) is 6.54. The number of Topliss-reactive ketones (excluding diaryl/α,β-unsaturated/α-hetero) is 1. The second-order valence-corrected chi connectivity index (χ2v) is 8.18. The Morgan fingerprint density at radius 1 is 1.03 bits per heavy atom. The number of ether oxygens (including phenoxy) is 2. The van der Waals surface area contributed by atoms with Crippen molar-refractivity contribution in [1.29, 1.82) is 5.41 Å². The smallest absolute Gasteiger partial charge is 0.194 e. The maximum Gasteiger partial charge on any atom is 0.194 e. The molecule has 0 unspecified atom stereocenters. The van der Waals surface area contributed by atoms with Crippen molar-refractivity contribution in [2.24, 2.45) is 0 Å². The average Bonchev–Trinajstić information content (AvgIpc) is 3.30. The summed E-state index contributed by atoms with van der Waals surface area (Å²) in [5.41, 5.74) is 3.41. The van der Waals surface area contributed by atoms with Crippen LogP contribution in [0.2, 0.25) is 0 Å². The van der Waals surface area contributed by atoms with Gasteiger partial charge in [0.2, 0.25) is 0 Å². The lowest BCUT2D eigenvalue weighted by atomic mass is 9.83. The number of anilines is 2. The first-order valence-corrected chi connectivity index (χ1v) is 10.5. The first kappa shape index (κ1) is 19.6. The van der Waals surface area contributed by atoms with E-state index in [4.69, 9.17) is 14.9 Å². The second kappa shape index (κ2) is 7.42. The maximum atomic E-state index is 14.0. The number of hydrogen-bond donors (Lipinski definition) is 3. The summed E-state index contributed by atoms with van der Waals surface area (Å²) in [5.74, 6) is 1.52. The van der Waals surface area contributed by atoms with Crippen LogP contribution in [0.3, 0.4) is 0 Å². The standard InChI is InChI=1S/C24H26N4O3/c1-30-17-12-16(13-18(14-17)31-2)28-23(25)21(22(29)24(28)7-9-26-10-8-24)20-11-15-5-3-4-6-19(15)27-20/h3-6,12-14,25-27H,7-11H2,1-2H3. The van der Waals surface area contributed by atoms with Crippen molar-refractivity contribution in [2.75, 3.05) is 37.5 Å². The molecule has 31 heavy (non-hydrogen) atoms. The number of ketones is 1. The van der Waals surface area contributed by atoms with Crippen LogP contribution in [-0.4, -0.2) is 44.5 Å². The number of nitrogens with zero attached hydrogens (tertiary/aromatic N) is 1. The number of nitrogens with one attached hydrogen (secondary N) is 3. The van der Waals surface area contributed by atoms with E-state index < -0.39 is 5.54 Å². The second-order valence-electron chi connectivity index (χ2n) is 8.18. The van der Waals surface area contributed by atoms with Gasteiger partial charge in [-0.1, -0.05) is 18.2 Å². The van der Waals surface area contributed by atoms with Crippen LogP contribution in [0.25, 0.3) is 0 Å². The lowest BCUT2D eigenvalue weighted by molar-refractivity contribution is -0.119. The molecule has 0 aliphatic carbocycles. The Labute approximate surface area is 181 Å². The van der Waals surface area contributed by atoms with E-state index in [9.17, 15) is 4.79 Å². The normalized spacial score (nSPS) is 21.9. The van der Waals surface area contributed by atoms with Gasteiger partial charge in [-0.15, -0.1) is 0 Å². The van der Waals surface area contributed by atoms with Crippen molar-refractivity contribution in [3.8, 4) is 11.5 Å². The minimum Gasteiger partial charge on any atom is -0.497 e. The number of methoxy groups -OCH3 is 2. The van der Waals surface area contributed by atoms with Crippen molar-refractivity contribution in [3.05, 3.63) is 59.3 Å². The molecule has 160 valence electrons. The van der Waals surface area contributed by atoms with Crippen molar-refractivity contribution >= 4 is 23.0 Å². The zero-order valence-corrected chi connectivity index (χ0v) is 17.7. The molecular weight excluding hydrogens is 392 g/mol. The number of allylic oxidation sites excluding steroid dienone is 1. The lowest BCUT2D eigenvalue weighted by Crippen LogP contribution is -2.56. The molecule has 1 spiro atoms. The van der Waals surface area contributed by atoms with Crippen LogP contribution in [-0.2, 0) is 11.2 Å². The van der Waals surface area contributed by atoms with Crippen molar-refractivity contribution in [2.45, 2.75) is 24.8 Å². The van der Waals surface area contributed by atoms with Gasteiger partial charge in [0.15, 0.2) is 5.78 Å². The van der Waals surface area contributed by atoms with E-state index in [-0.39, 0.29) is 11.6 Å². The van der Waals surface area contributed by atoms with Crippen LogP contribution in [0.4, 0.5) is 11.4 Å². The minimum absolute atomic E-state index is 0.0242. The summed E-state index contributed by atoms with van der Waals surface area (Å²) in [6.07, 6.45) is 1.90. The molecule has 0 atom stereocenters. The number of carbonyl (C=O) groups is 1. The molecule has 3 aliphatic rings. The predicted molar refractivity (Wildman–Crippen MR) is 120 cm³/mol. The molecule has 0 radical (unpaired) electrons. The topological polar surface area (TPSA) is 86.7 Å². The van der Waals surface area contributed by atoms with Crippen molar-refractivity contribution < 1.29 is 14.3 Å². The van der Waals surface area contributed by atoms with Gasteiger partial charge in [-0.2, -0.15) is 0 Å². The van der Waals surface area contributed by atoms with Crippen LogP contribution < -0.4 is 25.0 Å². The van der Waals surface area contributed by atoms with E-state index in [1.807, 2.05) is 35.2 Å². The highest BCUT2D eigenvalue weighted by Gasteiger charge is 2.55. The van der Waals surface area contributed by atoms with Crippen LogP contribution >= 0.6 is 0 Å². The Morgan fingerprint density at radius 3 is 2.35 bits per heavy atom. The zero-order valence-electron chi connectivity index (χ0n) is 17.7. The van der Waals surface area contributed by atoms with Gasteiger partial charge in [-0.25, -0.2) is 0 Å². The predicted octanol–water partition coefficient (Wildman–Crippen LogP) is 3.11. The summed E-state index contributed by atoms with van der Waals surface area (Å²) in [4.78, 5) is 15.8. The molecular formula is C24H26N4O3. The number of rotatable bonds is 3. The van der Waals surface area contributed by atoms with Gasteiger partial charge >= 0.3 is 0 Å². The highest BCUT2D eigenvalue weighted by molar-refractivity contribution is 6.37. The number of benzene rings is 2. The molecule has 2 saturated heterocycles. The van der Waals surface area contributed by atoms with Gasteiger partial charge in [0.05, 0.1) is 25.5 Å². The third-order valence-corrected chi connectivity index (χ3v) is 6.54. The largest absolute Gasteiger partial charge is 0.497 e. The van der Waals surface area contributed by atoms with E-state index in [1.165, 1.54) is 0 Å². The molecule has 3 N–H and O–H groups in total. The summed E-state index contributed by atoms with van der Waals surface area (Å²) in [7, 11) is 3.21. The lowest BCUT2D eigenvalue weighted by Gasteiger charge is -2.40. The molecule has 0 bridgehead atoms. The van der Waals surface area contributed by atoms with Crippen molar-refractivity contribution in [1.82, 2.24) is 5.32 Å². The number of hydrogen-bond acceptors (Lipinski definition) is 6. The van der Waals surface area contributed by atoms with Crippen LogP contribution in [0.5, 0.6) is 11.5 Å². The molecule has 2 aromatic carbocycles. The van der Waals surface area contributed by atoms with Gasteiger partial charge in [-0.3, -0.25) is 10.2 Å². The van der Waals surface area contributed by atoms with Gasteiger partial charge in [0.1, 0.15) is 22.9 Å². The van der Waals surface area contributed by atoms with E-state index in [0.717, 1.165) is 35.7 Å². The Morgan fingerprint density at radius 2 is 1.71 bits per heavy atom. The fourth-order valence-corrected chi connectivity index (χ4v) is 4.98. The Balaban J connectivity index is 1.65. The van der Waals surface area contributed by atoms with Gasteiger partial charge < -0.3 is 25.0 Å². The number of fused-ring (bicyclic) bond motifs is 1. The van der Waals surface area contributed by atoms with Gasteiger partial charge in [0.25, 0.3) is 0 Å². The molecule has 2 aromatic rings. The van der Waals surface area contributed by atoms with Crippen molar-refractivity contribution in [3.63, 3.8) is 0 Å². The summed E-state index contributed by atoms with van der Waals surface area (Å²) in [5, 5.41) is 15.9. The van der Waals surface area contributed by atoms with Crippen LogP contribution in [0.1, 0.15) is 18.4 Å². The summed E-state index contributed by atoms with van der Waals surface area (Å²) < 4.78 is 10.9. The molecule has 0 amide bonds. The van der Waals surface area contributed by atoms with Crippen LogP contribution in [0, 0.1) is 5.41 Å². The highest BCUT2D eigenvalue weighted by Crippen LogP contribution is 2.45. The number of carbonyl (C=O) groups excluding carboxylic acids is 1. The number of para-hydroxylation sites is 1. The van der Waals surface area contributed by atoms with Gasteiger partial charge in [-0.05, 0) is 37.6 Å². The van der Waals surface area contributed by atoms with E-state index in [0.29, 0.717) is 36.3 Å². The molecule has 3 heterocycles. The Hall–Kier alpha value is -3.32. The average molecular weight is 418 g/mol. The van der Waals surface area contributed by atoms with Crippen LogP contribution in [0.15, 0.2) is 53.7 Å². The molecule has 0 saturated carbocycles. The molecule has 0 aromatic heterocycles. The fourth-order valence-electron chi connectivity index (χ4n) is 4.98. The molecule has 2 fully saturated rings. The summed E-state index contributed by atoms with van der Waals surface area (Å²) in [6.45, 7) is 1.46. The molecule has 7 nitrogen and oxygen atoms in total. The minimum atomic E-state index is -0.779. The quantitative estimate of drug-likeness (QED) is 0.664. The fraction of sp³-hybridized carbons (Fsp3) is 0.333. The zero-order chi connectivity index (χ0) is 21.6. The monoisotopic (exact) mass is 418 g/mol. The SMILES string of the molecule is COc1cc(OC)cc(N2C(=N)C(=C3Cc4ccccc4N3)C(=O)C23CCNCC3)c1. The highest BCUT2D eigenvalue weighted by atomic mass is 16.5. The number of piperidine rings is 1. The molecule has 7 heteroatoms. The number of amidine groups is 1. The van der Waals surface area contributed by atoms with E-state index >= 15 is 0 Å². The Kier molecular flexibility index (Phi) is 4.70. The summed E-state index contributed by atoms with van der Waals surface area (Å²) >= 11 is 0. The van der Waals surface area contributed by atoms with E-state index in [1.54, 1.807) is 20.3 Å². The summed E-state index contributed by atoms with van der Waals surface area (Å²) in [6, 6.07) is 13.6. The molecule has 3 aliphatic heterocycles. The first-order valence-electron chi connectivity index (χ1n) is 10.5. The Bertz CT molecular complexity index is 1050. The van der Waals surface area contributed by atoms with Gasteiger partial charge in [0, 0.05) is 36.0 Å². The molecule has 5 rings (SSSR count). The third kappa shape index (κ3) is 2.99. The maximum absolute atomic E-state index is 14.0. The van der Waals surface area contributed by atoms with E-state index in [2.05, 4.69) is 16.7 Å². The first-order chi connectivity index (χ1) is 15.1.